The third kappa shape index (κ3) is 3.47. The number of rotatable bonds is 2. The normalized spacial score (nSPS) is 22.3. The molecule has 1 N–H and O–H groups in total. The summed E-state index contributed by atoms with van der Waals surface area (Å²) in [6.07, 6.45) is -0.341. The van der Waals surface area contributed by atoms with Crippen LogP contribution in [0.5, 0.6) is 0 Å². The lowest BCUT2D eigenvalue weighted by Crippen LogP contribution is -2.55. The Bertz CT molecular complexity index is 476. The van der Waals surface area contributed by atoms with Gasteiger partial charge in [-0.25, -0.2) is 0 Å². The van der Waals surface area contributed by atoms with E-state index in [0.29, 0.717) is 23.7 Å². The molecule has 1 heterocycles. The standard InChI is InChI=1S/C14H18ClNO3/c1-14(2)9-16(7-12(8-17)19-14)13(18)10-4-3-5-11(15)6-10/h3-6,12,17H,7-9H2,1-2H3. The Balaban J connectivity index is 2.18. The average molecular weight is 284 g/mol. The van der Waals surface area contributed by atoms with Crippen LogP contribution in [0.3, 0.4) is 0 Å². The number of ether oxygens (including phenoxy) is 1. The zero-order valence-corrected chi connectivity index (χ0v) is 11.9. The topological polar surface area (TPSA) is 49.8 Å². The molecule has 1 saturated heterocycles. The highest BCUT2D eigenvalue weighted by Gasteiger charge is 2.35. The molecular weight excluding hydrogens is 266 g/mol. The van der Waals surface area contributed by atoms with Crippen molar-refractivity contribution in [2.24, 2.45) is 0 Å². The van der Waals surface area contributed by atoms with Gasteiger partial charge in [0.05, 0.1) is 18.3 Å². The van der Waals surface area contributed by atoms with Crippen molar-refractivity contribution >= 4 is 17.5 Å². The van der Waals surface area contributed by atoms with Crippen LogP contribution >= 0.6 is 11.6 Å². The van der Waals surface area contributed by atoms with Crippen LogP contribution in [0.4, 0.5) is 0 Å². The van der Waals surface area contributed by atoms with Crippen LogP contribution < -0.4 is 0 Å². The summed E-state index contributed by atoms with van der Waals surface area (Å²) >= 11 is 5.90. The van der Waals surface area contributed by atoms with Crippen molar-refractivity contribution in [2.75, 3.05) is 19.7 Å². The van der Waals surface area contributed by atoms with Gasteiger partial charge in [0.15, 0.2) is 0 Å². The van der Waals surface area contributed by atoms with Crippen molar-refractivity contribution in [3.63, 3.8) is 0 Å². The summed E-state index contributed by atoms with van der Waals surface area (Å²) in [5.74, 6) is -0.0858. The third-order valence-electron chi connectivity index (χ3n) is 3.04. The van der Waals surface area contributed by atoms with Gasteiger partial charge < -0.3 is 14.7 Å². The maximum Gasteiger partial charge on any atom is 0.254 e. The molecule has 2 rings (SSSR count). The zero-order valence-electron chi connectivity index (χ0n) is 11.1. The summed E-state index contributed by atoms with van der Waals surface area (Å²) in [7, 11) is 0. The van der Waals surface area contributed by atoms with Crippen molar-refractivity contribution in [1.82, 2.24) is 4.90 Å². The predicted molar refractivity (Wildman–Crippen MR) is 73.4 cm³/mol. The second-order valence-corrected chi connectivity index (χ2v) is 5.81. The van der Waals surface area contributed by atoms with E-state index in [-0.39, 0.29) is 18.6 Å². The molecule has 19 heavy (non-hydrogen) atoms. The molecule has 1 aliphatic heterocycles. The molecule has 104 valence electrons. The van der Waals surface area contributed by atoms with E-state index in [4.69, 9.17) is 16.3 Å². The molecule has 0 spiro atoms. The van der Waals surface area contributed by atoms with Gasteiger partial charge >= 0.3 is 0 Å². The van der Waals surface area contributed by atoms with Crippen molar-refractivity contribution in [2.45, 2.75) is 25.6 Å². The Hall–Kier alpha value is -1.10. The van der Waals surface area contributed by atoms with E-state index in [0.717, 1.165) is 0 Å². The van der Waals surface area contributed by atoms with Gasteiger partial charge in [-0.3, -0.25) is 4.79 Å². The number of aliphatic hydroxyl groups excluding tert-OH is 1. The minimum Gasteiger partial charge on any atom is -0.394 e. The van der Waals surface area contributed by atoms with Crippen molar-refractivity contribution < 1.29 is 14.6 Å². The van der Waals surface area contributed by atoms with Gasteiger partial charge in [-0.1, -0.05) is 17.7 Å². The maximum absolute atomic E-state index is 12.4. The Kier molecular flexibility index (Phi) is 4.13. The first-order chi connectivity index (χ1) is 8.91. The van der Waals surface area contributed by atoms with Crippen LogP contribution in [0, 0.1) is 0 Å². The lowest BCUT2D eigenvalue weighted by Gasteiger charge is -2.42. The van der Waals surface area contributed by atoms with Gasteiger partial charge in [0.1, 0.15) is 0 Å². The summed E-state index contributed by atoms with van der Waals surface area (Å²) in [5, 5.41) is 9.79. The zero-order chi connectivity index (χ0) is 14.0. The minimum absolute atomic E-state index is 0.0858. The van der Waals surface area contributed by atoms with Crippen LogP contribution in [-0.4, -0.2) is 47.3 Å². The molecule has 0 bridgehead atoms. The first-order valence-corrected chi connectivity index (χ1v) is 6.62. The highest BCUT2D eigenvalue weighted by Crippen LogP contribution is 2.23. The van der Waals surface area contributed by atoms with Crippen LogP contribution in [0.1, 0.15) is 24.2 Å². The number of aliphatic hydroxyl groups is 1. The van der Waals surface area contributed by atoms with Gasteiger partial charge in [-0.05, 0) is 32.0 Å². The van der Waals surface area contributed by atoms with E-state index < -0.39 is 5.60 Å². The number of benzene rings is 1. The second-order valence-electron chi connectivity index (χ2n) is 5.38. The molecule has 1 atom stereocenters. The highest BCUT2D eigenvalue weighted by atomic mass is 35.5. The first kappa shape index (κ1) is 14.3. The number of morpholine rings is 1. The Morgan fingerprint density at radius 2 is 2.32 bits per heavy atom. The second kappa shape index (κ2) is 5.49. The van der Waals surface area contributed by atoms with E-state index in [1.54, 1.807) is 29.2 Å². The molecule has 0 saturated carbocycles. The quantitative estimate of drug-likeness (QED) is 0.903. The fraction of sp³-hybridized carbons (Fsp3) is 0.500. The van der Waals surface area contributed by atoms with Gasteiger partial charge in [0.2, 0.25) is 0 Å². The van der Waals surface area contributed by atoms with Gasteiger partial charge in [-0.15, -0.1) is 0 Å². The van der Waals surface area contributed by atoms with E-state index in [2.05, 4.69) is 0 Å². The average Bonchev–Trinajstić information content (AvgIpc) is 2.36. The smallest absolute Gasteiger partial charge is 0.254 e. The van der Waals surface area contributed by atoms with Crippen LogP contribution in [0.15, 0.2) is 24.3 Å². The fourth-order valence-corrected chi connectivity index (χ4v) is 2.54. The van der Waals surface area contributed by atoms with Crippen LogP contribution in [0.25, 0.3) is 0 Å². The number of amides is 1. The fourth-order valence-electron chi connectivity index (χ4n) is 2.35. The third-order valence-corrected chi connectivity index (χ3v) is 3.28. The van der Waals surface area contributed by atoms with Crippen LogP contribution in [0.2, 0.25) is 5.02 Å². The van der Waals surface area contributed by atoms with Crippen molar-refractivity contribution in [3.8, 4) is 0 Å². The largest absolute Gasteiger partial charge is 0.394 e. The van der Waals surface area contributed by atoms with Crippen molar-refractivity contribution in [1.29, 1.82) is 0 Å². The molecule has 1 aliphatic rings. The van der Waals surface area contributed by atoms with Crippen molar-refractivity contribution in [3.05, 3.63) is 34.9 Å². The number of nitrogens with zero attached hydrogens (tertiary/aromatic N) is 1. The van der Waals surface area contributed by atoms with Crippen LogP contribution in [-0.2, 0) is 4.74 Å². The molecule has 1 fully saturated rings. The summed E-state index contributed by atoms with van der Waals surface area (Å²) in [6.45, 7) is 4.61. The first-order valence-electron chi connectivity index (χ1n) is 6.25. The number of carbonyl (C=O) groups excluding carboxylic acids is 1. The molecule has 0 radical (unpaired) electrons. The monoisotopic (exact) mass is 283 g/mol. The Labute approximate surface area is 117 Å². The van der Waals surface area contributed by atoms with Gasteiger partial charge in [-0.2, -0.15) is 0 Å². The molecule has 5 heteroatoms. The number of halogens is 1. The molecule has 1 amide bonds. The van der Waals surface area contributed by atoms with Gasteiger partial charge in [0, 0.05) is 23.7 Å². The molecular formula is C14H18ClNO3. The number of carbonyl (C=O) groups is 1. The summed E-state index contributed by atoms with van der Waals surface area (Å²) in [4.78, 5) is 14.1. The lowest BCUT2D eigenvalue weighted by molar-refractivity contribution is -0.139. The lowest BCUT2D eigenvalue weighted by atomic mass is 10.0. The number of hydrogen-bond acceptors (Lipinski definition) is 3. The van der Waals surface area contributed by atoms with E-state index in [1.165, 1.54) is 0 Å². The highest BCUT2D eigenvalue weighted by molar-refractivity contribution is 6.30. The van der Waals surface area contributed by atoms with E-state index in [9.17, 15) is 9.90 Å². The molecule has 1 unspecified atom stereocenters. The van der Waals surface area contributed by atoms with E-state index >= 15 is 0 Å². The molecule has 0 aromatic heterocycles. The summed E-state index contributed by atoms with van der Waals surface area (Å²) in [6, 6.07) is 6.88. The van der Waals surface area contributed by atoms with E-state index in [1.807, 2.05) is 13.8 Å². The summed E-state index contributed by atoms with van der Waals surface area (Å²) < 4.78 is 5.69. The Morgan fingerprint density at radius 3 is 2.95 bits per heavy atom. The van der Waals surface area contributed by atoms with Gasteiger partial charge in [0.25, 0.3) is 5.91 Å². The molecule has 0 aliphatic carbocycles. The minimum atomic E-state index is -0.458. The molecule has 4 nitrogen and oxygen atoms in total. The SMILES string of the molecule is CC1(C)CN(C(=O)c2cccc(Cl)c2)CC(CO)O1. The summed E-state index contributed by atoms with van der Waals surface area (Å²) in [5.41, 5.74) is 0.0989. The molecule has 1 aromatic rings. The Morgan fingerprint density at radius 1 is 1.58 bits per heavy atom. The maximum atomic E-state index is 12.4. The number of hydrogen-bond donors (Lipinski definition) is 1. The molecule has 1 aromatic carbocycles. The predicted octanol–water partition coefficient (Wildman–Crippen LogP) is 1.95.